The zero-order chi connectivity index (χ0) is 16.7. The normalized spacial score (nSPS) is 24.2. The van der Waals surface area contributed by atoms with Gasteiger partial charge in [-0.2, -0.15) is 4.31 Å². The highest BCUT2D eigenvalue weighted by Crippen LogP contribution is 2.51. The lowest BCUT2D eigenvalue weighted by Crippen LogP contribution is -2.69. The molecule has 1 unspecified atom stereocenters. The molecular weight excluding hydrogens is 314 g/mol. The standard InChI is InChI=1S/C17H23NO4S/c1-13-6-8-14(9-7-13)23(20,21)18-12-17(10-4-3-5-11-17)15(18)16(19)22-2/h6-9,15H,3-5,10-12H2,1-2H3. The summed E-state index contributed by atoms with van der Waals surface area (Å²) >= 11 is 0. The Morgan fingerprint density at radius 1 is 1.17 bits per heavy atom. The maximum Gasteiger partial charge on any atom is 0.324 e. The van der Waals surface area contributed by atoms with Gasteiger partial charge < -0.3 is 4.74 Å². The highest BCUT2D eigenvalue weighted by Gasteiger charge is 2.60. The van der Waals surface area contributed by atoms with E-state index in [9.17, 15) is 13.2 Å². The van der Waals surface area contributed by atoms with Gasteiger partial charge in [-0.3, -0.25) is 4.79 Å². The third-order valence-electron chi connectivity index (χ3n) is 5.24. The first-order chi connectivity index (χ1) is 10.9. The number of esters is 1. The van der Waals surface area contributed by atoms with Gasteiger partial charge in [-0.15, -0.1) is 0 Å². The van der Waals surface area contributed by atoms with Crippen molar-refractivity contribution in [2.75, 3.05) is 13.7 Å². The van der Waals surface area contributed by atoms with Crippen LogP contribution in [-0.2, 0) is 19.6 Å². The molecular formula is C17H23NO4S. The van der Waals surface area contributed by atoms with Crippen molar-refractivity contribution in [1.82, 2.24) is 4.31 Å². The molecule has 126 valence electrons. The van der Waals surface area contributed by atoms with Gasteiger partial charge in [-0.25, -0.2) is 8.42 Å². The molecule has 23 heavy (non-hydrogen) atoms. The molecule has 1 saturated heterocycles. The molecule has 1 aromatic carbocycles. The molecule has 2 aliphatic rings. The Morgan fingerprint density at radius 3 is 2.35 bits per heavy atom. The second-order valence-electron chi connectivity index (χ2n) is 6.71. The summed E-state index contributed by atoms with van der Waals surface area (Å²) in [4.78, 5) is 12.5. The molecule has 1 aliphatic carbocycles. The number of benzene rings is 1. The molecule has 1 saturated carbocycles. The largest absolute Gasteiger partial charge is 0.468 e. The van der Waals surface area contributed by atoms with E-state index in [4.69, 9.17) is 4.74 Å². The molecule has 0 bridgehead atoms. The van der Waals surface area contributed by atoms with E-state index in [0.29, 0.717) is 6.54 Å². The zero-order valence-corrected chi connectivity index (χ0v) is 14.4. The lowest BCUT2D eigenvalue weighted by molar-refractivity contribution is -0.162. The van der Waals surface area contributed by atoms with Crippen molar-refractivity contribution in [3.63, 3.8) is 0 Å². The number of ether oxygens (including phenoxy) is 1. The van der Waals surface area contributed by atoms with E-state index in [-0.39, 0.29) is 10.3 Å². The van der Waals surface area contributed by atoms with Gasteiger partial charge in [-0.1, -0.05) is 37.0 Å². The minimum Gasteiger partial charge on any atom is -0.468 e. The van der Waals surface area contributed by atoms with Gasteiger partial charge in [0.25, 0.3) is 0 Å². The van der Waals surface area contributed by atoms with Crippen molar-refractivity contribution in [2.24, 2.45) is 5.41 Å². The van der Waals surface area contributed by atoms with Crippen LogP contribution < -0.4 is 0 Å². The van der Waals surface area contributed by atoms with Crippen molar-refractivity contribution >= 4 is 16.0 Å². The maximum absolute atomic E-state index is 12.9. The fraction of sp³-hybridized carbons (Fsp3) is 0.588. The van der Waals surface area contributed by atoms with E-state index in [0.717, 1.165) is 37.7 Å². The molecule has 3 rings (SSSR count). The lowest BCUT2D eigenvalue weighted by Gasteiger charge is -2.56. The van der Waals surface area contributed by atoms with Crippen LogP contribution in [0.5, 0.6) is 0 Å². The topological polar surface area (TPSA) is 63.7 Å². The fourth-order valence-corrected chi connectivity index (χ4v) is 5.68. The first-order valence-electron chi connectivity index (χ1n) is 8.07. The summed E-state index contributed by atoms with van der Waals surface area (Å²) in [5.74, 6) is -0.436. The van der Waals surface area contributed by atoms with Crippen LogP contribution >= 0.6 is 0 Å². The lowest BCUT2D eigenvalue weighted by atomic mass is 9.64. The average molecular weight is 337 g/mol. The molecule has 2 fully saturated rings. The highest BCUT2D eigenvalue weighted by atomic mass is 32.2. The zero-order valence-electron chi connectivity index (χ0n) is 13.6. The van der Waals surface area contributed by atoms with E-state index in [1.165, 1.54) is 11.4 Å². The monoisotopic (exact) mass is 337 g/mol. The first-order valence-corrected chi connectivity index (χ1v) is 9.51. The molecule has 6 heteroatoms. The van der Waals surface area contributed by atoms with Crippen molar-refractivity contribution < 1.29 is 17.9 Å². The maximum atomic E-state index is 12.9. The highest BCUT2D eigenvalue weighted by molar-refractivity contribution is 7.89. The van der Waals surface area contributed by atoms with Gasteiger partial charge in [0.1, 0.15) is 6.04 Å². The predicted octanol–water partition coefficient (Wildman–Crippen LogP) is 2.49. The van der Waals surface area contributed by atoms with Crippen LogP contribution in [0.25, 0.3) is 0 Å². The summed E-state index contributed by atoms with van der Waals surface area (Å²) in [7, 11) is -2.34. The molecule has 5 nitrogen and oxygen atoms in total. The quantitative estimate of drug-likeness (QED) is 0.795. The Kier molecular flexibility index (Phi) is 4.23. The Labute approximate surface area is 137 Å². The molecule has 1 aromatic rings. The van der Waals surface area contributed by atoms with Gasteiger partial charge >= 0.3 is 5.97 Å². The summed E-state index contributed by atoms with van der Waals surface area (Å²) in [6.07, 6.45) is 5.04. The third-order valence-corrected chi connectivity index (χ3v) is 7.07. The van der Waals surface area contributed by atoms with Crippen LogP contribution in [0.3, 0.4) is 0 Å². The second kappa shape index (κ2) is 5.91. The van der Waals surface area contributed by atoms with Gasteiger partial charge in [0.2, 0.25) is 10.0 Å². The van der Waals surface area contributed by atoms with Gasteiger partial charge in [0, 0.05) is 12.0 Å². The first kappa shape index (κ1) is 16.5. The van der Waals surface area contributed by atoms with Gasteiger partial charge in [0.05, 0.1) is 12.0 Å². The number of rotatable bonds is 3. The SMILES string of the molecule is COC(=O)C1N(S(=O)(=O)c2ccc(C)cc2)CC12CCCCC2. The number of hydrogen-bond donors (Lipinski definition) is 0. The van der Waals surface area contributed by atoms with Crippen LogP contribution in [0.1, 0.15) is 37.7 Å². The molecule has 0 amide bonds. The fourth-order valence-electron chi connectivity index (χ4n) is 3.92. The number of carbonyl (C=O) groups is 1. The summed E-state index contributed by atoms with van der Waals surface area (Å²) in [6.45, 7) is 2.33. The number of nitrogens with zero attached hydrogens (tertiary/aromatic N) is 1. The van der Waals surface area contributed by atoms with E-state index in [2.05, 4.69) is 0 Å². The van der Waals surface area contributed by atoms with E-state index in [1.54, 1.807) is 24.3 Å². The van der Waals surface area contributed by atoms with Crippen molar-refractivity contribution in [3.8, 4) is 0 Å². The van der Waals surface area contributed by atoms with E-state index in [1.807, 2.05) is 6.92 Å². The van der Waals surface area contributed by atoms with Crippen molar-refractivity contribution in [3.05, 3.63) is 29.8 Å². The summed E-state index contributed by atoms with van der Waals surface area (Å²) in [5, 5.41) is 0. The van der Waals surface area contributed by atoms with Crippen molar-refractivity contribution in [2.45, 2.75) is 50.0 Å². The number of carbonyl (C=O) groups excluding carboxylic acids is 1. The second-order valence-corrected chi connectivity index (χ2v) is 8.60. The summed E-state index contributed by atoms with van der Waals surface area (Å²) < 4.78 is 32.0. The summed E-state index contributed by atoms with van der Waals surface area (Å²) in [6, 6.07) is 6.07. The number of sulfonamides is 1. The van der Waals surface area contributed by atoms with Gasteiger partial charge in [-0.05, 0) is 31.9 Å². The van der Waals surface area contributed by atoms with E-state index >= 15 is 0 Å². The number of hydrogen-bond acceptors (Lipinski definition) is 4. The van der Waals surface area contributed by atoms with Crippen molar-refractivity contribution in [1.29, 1.82) is 0 Å². The molecule has 0 radical (unpaired) electrons. The average Bonchev–Trinajstić information content (AvgIpc) is 2.54. The Morgan fingerprint density at radius 2 is 1.78 bits per heavy atom. The number of aryl methyl sites for hydroxylation is 1. The molecule has 1 spiro atoms. The minimum absolute atomic E-state index is 0.233. The minimum atomic E-state index is -3.67. The van der Waals surface area contributed by atoms with Gasteiger partial charge in [0.15, 0.2) is 0 Å². The molecule has 1 aliphatic heterocycles. The number of methoxy groups -OCH3 is 1. The molecule has 1 atom stereocenters. The van der Waals surface area contributed by atoms with Crippen LogP contribution in [0.2, 0.25) is 0 Å². The Hall–Kier alpha value is -1.40. The smallest absolute Gasteiger partial charge is 0.324 e. The van der Waals surface area contributed by atoms with Crippen LogP contribution in [0, 0.1) is 12.3 Å². The molecule has 0 aromatic heterocycles. The Balaban J connectivity index is 1.92. The van der Waals surface area contributed by atoms with Crippen LogP contribution in [0.4, 0.5) is 0 Å². The summed E-state index contributed by atoms with van der Waals surface area (Å²) in [5.41, 5.74) is 0.768. The van der Waals surface area contributed by atoms with Crippen LogP contribution in [-0.4, -0.2) is 38.4 Å². The Bertz CT molecular complexity index is 690. The van der Waals surface area contributed by atoms with Crippen LogP contribution in [0.15, 0.2) is 29.2 Å². The third kappa shape index (κ3) is 2.68. The van der Waals surface area contributed by atoms with E-state index < -0.39 is 22.0 Å². The molecule has 0 N–H and O–H groups in total. The molecule has 1 heterocycles. The predicted molar refractivity (Wildman–Crippen MR) is 86.4 cm³/mol.